The molecule has 1 fully saturated rings. The van der Waals surface area contributed by atoms with E-state index in [1.54, 1.807) is 20.3 Å². The number of anilines is 1. The largest absolute Gasteiger partial charge is 0.497 e. The highest BCUT2D eigenvalue weighted by atomic mass is 16.5. The number of hydrogen-bond donors (Lipinski definition) is 2. The molecule has 1 aliphatic rings. The molecule has 8 heteroatoms. The van der Waals surface area contributed by atoms with Crippen molar-refractivity contribution in [3.63, 3.8) is 0 Å². The van der Waals surface area contributed by atoms with E-state index in [9.17, 15) is 9.59 Å². The van der Waals surface area contributed by atoms with E-state index in [4.69, 9.17) is 14.5 Å². The molecule has 0 bridgehead atoms. The average molecular weight is 537 g/mol. The number of nitrogens with one attached hydrogen (secondary N) is 2. The Labute approximate surface area is 233 Å². The molecule has 204 valence electrons. The van der Waals surface area contributed by atoms with Crippen molar-refractivity contribution in [3.05, 3.63) is 83.9 Å². The Morgan fingerprint density at radius 2 is 1.68 bits per heavy atom. The predicted octanol–water partition coefficient (Wildman–Crippen LogP) is 6.20. The number of pyridine rings is 1. The van der Waals surface area contributed by atoms with E-state index in [0.29, 0.717) is 44.9 Å². The molecule has 2 amide bonds. The quantitative estimate of drug-likeness (QED) is 0.206. The van der Waals surface area contributed by atoms with Gasteiger partial charge in [0.2, 0.25) is 5.91 Å². The first-order valence-corrected chi connectivity index (χ1v) is 13.3. The summed E-state index contributed by atoms with van der Waals surface area (Å²) in [4.78, 5) is 30.6. The topological polar surface area (TPSA) is 102 Å². The number of hydrazone groups is 1. The zero-order valence-corrected chi connectivity index (χ0v) is 22.9. The van der Waals surface area contributed by atoms with Gasteiger partial charge in [0.15, 0.2) is 0 Å². The van der Waals surface area contributed by atoms with Crippen LogP contribution >= 0.6 is 0 Å². The second kappa shape index (κ2) is 12.0. The lowest BCUT2D eigenvalue weighted by molar-refractivity contribution is -0.119. The number of carbonyl (C=O) groups is 2. The number of carbonyl (C=O) groups excluding carboxylic acids is 2. The Bertz CT molecular complexity index is 1570. The van der Waals surface area contributed by atoms with Crippen LogP contribution < -0.4 is 20.2 Å². The van der Waals surface area contributed by atoms with Gasteiger partial charge < -0.3 is 14.8 Å². The maximum atomic E-state index is 13.4. The van der Waals surface area contributed by atoms with Gasteiger partial charge >= 0.3 is 0 Å². The van der Waals surface area contributed by atoms with Crippen LogP contribution in [0.4, 0.5) is 5.69 Å². The summed E-state index contributed by atoms with van der Waals surface area (Å²) in [6.07, 6.45) is 4.14. The molecule has 0 spiro atoms. The van der Waals surface area contributed by atoms with Crippen LogP contribution in [0.2, 0.25) is 0 Å². The van der Waals surface area contributed by atoms with Crippen LogP contribution in [0.3, 0.4) is 0 Å². The van der Waals surface area contributed by atoms with Gasteiger partial charge in [0.1, 0.15) is 11.5 Å². The van der Waals surface area contributed by atoms with Crippen LogP contribution in [0.5, 0.6) is 11.5 Å². The number of hydrogen-bond acceptors (Lipinski definition) is 6. The highest BCUT2D eigenvalue weighted by Gasteiger charge is 2.22. The third kappa shape index (κ3) is 5.81. The number of ether oxygens (including phenoxy) is 2. The Kier molecular flexibility index (Phi) is 8.05. The van der Waals surface area contributed by atoms with E-state index in [0.717, 1.165) is 36.9 Å². The third-order valence-corrected chi connectivity index (χ3v) is 7.26. The lowest BCUT2D eigenvalue weighted by Gasteiger charge is -2.13. The number of benzene rings is 3. The minimum Gasteiger partial charge on any atom is -0.497 e. The molecule has 0 atom stereocenters. The normalized spacial score (nSPS) is 13.7. The molecule has 1 aromatic heterocycles. The first-order valence-electron chi connectivity index (χ1n) is 13.3. The third-order valence-electron chi connectivity index (χ3n) is 7.26. The van der Waals surface area contributed by atoms with Crippen LogP contribution in [0.1, 0.15) is 48.5 Å². The molecule has 40 heavy (non-hydrogen) atoms. The lowest BCUT2D eigenvalue weighted by atomic mass is 10.0. The molecule has 3 aromatic carbocycles. The second-order valence-electron chi connectivity index (χ2n) is 9.82. The van der Waals surface area contributed by atoms with Crippen molar-refractivity contribution in [1.29, 1.82) is 0 Å². The van der Waals surface area contributed by atoms with Crippen molar-refractivity contribution in [1.82, 2.24) is 10.4 Å². The molecule has 1 aliphatic carbocycles. The summed E-state index contributed by atoms with van der Waals surface area (Å²) in [5.41, 5.74) is 7.32. The molecule has 8 nitrogen and oxygen atoms in total. The van der Waals surface area contributed by atoms with E-state index in [1.165, 1.54) is 0 Å². The maximum absolute atomic E-state index is 13.4. The summed E-state index contributed by atoms with van der Waals surface area (Å²) in [6, 6.07) is 22.1. The van der Waals surface area contributed by atoms with E-state index < -0.39 is 0 Å². The van der Waals surface area contributed by atoms with Gasteiger partial charge in [-0.25, -0.2) is 10.4 Å². The van der Waals surface area contributed by atoms with E-state index in [-0.39, 0.29) is 17.7 Å². The number of nitrogens with zero attached hydrogens (tertiary/aromatic N) is 2. The van der Waals surface area contributed by atoms with Gasteiger partial charge in [0.25, 0.3) is 5.91 Å². The SMILES string of the molecule is COc1ccc(OC)c(-c2cc(C(=O)N/N=C(\C)c3ccc(NC(=O)C4CCCC4)cc3)c3ccccc3n2)c1. The molecule has 5 rings (SSSR count). The number of para-hydroxylation sites is 1. The molecular weight excluding hydrogens is 504 g/mol. The van der Waals surface area contributed by atoms with Gasteiger partial charge in [-0.15, -0.1) is 0 Å². The summed E-state index contributed by atoms with van der Waals surface area (Å²) in [5, 5.41) is 8.07. The zero-order valence-electron chi connectivity index (χ0n) is 22.9. The average Bonchev–Trinajstić information content (AvgIpc) is 3.54. The lowest BCUT2D eigenvalue weighted by Crippen LogP contribution is -2.20. The highest BCUT2D eigenvalue weighted by Crippen LogP contribution is 2.34. The predicted molar refractivity (Wildman–Crippen MR) is 157 cm³/mol. The summed E-state index contributed by atoms with van der Waals surface area (Å²) in [5.74, 6) is 1.10. The van der Waals surface area contributed by atoms with Gasteiger partial charge in [0, 0.05) is 22.6 Å². The fourth-order valence-electron chi connectivity index (χ4n) is 5.00. The van der Waals surface area contributed by atoms with Crippen molar-refractivity contribution in [2.45, 2.75) is 32.6 Å². The second-order valence-corrected chi connectivity index (χ2v) is 9.82. The van der Waals surface area contributed by atoms with Gasteiger partial charge in [-0.05, 0) is 67.8 Å². The van der Waals surface area contributed by atoms with Crippen LogP contribution in [-0.2, 0) is 4.79 Å². The van der Waals surface area contributed by atoms with Gasteiger partial charge in [-0.3, -0.25) is 9.59 Å². The highest BCUT2D eigenvalue weighted by molar-refractivity contribution is 6.08. The molecule has 4 aromatic rings. The number of aromatic nitrogens is 1. The fourth-order valence-corrected chi connectivity index (χ4v) is 5.00. The molecule has 2 N–H and O–H groups in total. The van der Waals surface area contributed by atoms with Crippen LogP contribution in [-0.4, -0.2) is 36.7 Å². The van der Waals surface area contributed by atoms with E-state index >= 15 is 0 Å². The number of amides is 2. The number of fused-ring (bicyclic) bond motifs is 1. The Morgan fingerprint density at radius 3 is 2.40 bits per heavy atom. The number of rotatable bonds is 8. The van der Waals surface area contributed by atoms with E-state index in [2.05, 4.69) is 15.8 Å². The van der Waals surface area contributed by atoms with Crippen LogP contribution in [0.25, 0.3) is 22.2 Å². The summed E-state index contributed by atoms with van der Waals surface area (Å²) < 4.78 is 11.0. The summed E-state index contributed by atoms with van der Waals surface area (Å²) >= 11 is 0. The summed E-state index contributed by atoms with van der Waals surface area (Å²) in [7, 11) is 3.19. The number of methoxy groups -OCH3 is 2. The van der Waals surface area contributed by atoms with E-state index in [1.807, 2.05) is 73.7 Å². The first-order chi connectivity index (χ1) is 19.5. The Balaban J connectivity index is 1.37. The maximum Gasteiger partial charge on any atom is 0.272 e. The van der Waals surface area contributed by atoms with Crippen molar-refractivity contribution in [3.8, 4) is 22.8 Å². The smallest absolute Gasteiger partial charge is 0.272 e. The minimum atomic E-state index is -0.360. The van der Waals surface area contributed by atoms with Gasteiger partial charge in [0.05, 0.1) is 36.7 Å². The van der Waals surface area contributed by atoms with Crippen molar-refractivity contribution < 1.29 is 19.1 Å². The molecule has 0 aliphatic heterocycles. The van der Waals surface area contributed by atoms with Gasteiger partial charge in [-0.1, -0.05) is 43.2 Å². The Morgan fingerprint density at radius 1 is 0.925 bits per heavy atom. The van der Waals surface area contributed by atoms with Crippen LogP contribution in [0.15, 0.2) is 77.9 Å². The van der Waals surface area contributed by atoms with Crippen molar-refractivity contribution in [2.75, 3.05) is 19.5 Å². The van der Waals surface area contributed by atoms with Crippen molar-refractivity contribution in [2.24, 2.45) is 11.0 Å². The molecule has 1 saturated carbocycles. The molecule has 0 saturated heterocycles. The first kappa shape index (κ1) is 26.9. The van der Waals surface area contributed by atoms with Crippen molar-refractivity contribution >= 4 is 34.1 Å². The fraction of sp³-hybridized carbons (Fsp3) is 0.250. The molecule has 0 radical (unpaired) electrons. The standard InChI is InChI=1S/C32H32N4O4/c1-20(21-12-14-23(15-13-21)33-31(37)22-8-4-5-9-22)35-36-32(38)26-19-29(34-28-11-7-6-10-25(26)28)27-18-24(39-2)16-17-30(27)40-3/h6-7,10-19,22H,4-5,8-9H2,1-3H3,(H,33,37)(H,36,38)/b35-20+. The zero-order chi connectivity index (χ0) is 28.1. The monoisotopic (exact) mass is 536 g/mol. The molecule has 0 unspecified atom stereocenters. The summed E-state index contributed by atoms with van der Waals surface area (Å²) in [6.45, 7) is 1.82. The Hall–Kier alpha value is -4.72. The minimum absolute atomic E-state index is 0.0819. The molecular formula is C32H32N4O4. The molecule has 1 heterocycles. The van der Waals surface area contributed by atoms with Gasteiger partial charge in [-0.2, -0.15) is 5.10 Å². The van der Waals surface area contributed by atoms with Crippen LogP contribution in [0, 0.1) is 5.92 Å².